The van der Waals surface area contributed by atoms with Crippen molar-refractivity contribution < 1.29 is 19.1 Å². The number of rotatable bonds is 7. The molecule has 4 rings (SSSR count). The van der Waals surface area contributed by atoms with Crippen molar-refractivity contribution in [1.29, 1.82) is 0 Å². The molecule has 8 heteroatoms. The lowest BCUT2D eigenvalue weighted by atomic mass is 9.74. The quantitative estimate of drug-likeness (QED) is 0.609. The Balaban J connectivity index is 1.39. The summed E-state index contributed by atoms with van der Waals surface area (Å²) >= 11 is 6.35. The van der Waals surface area contributed by atoms with Crippen LogP contribution in [0.25, 0.3) is 0 Å². The van der Waals surface area contributed by atoms with Crippen molar-refractivity contribution in [2.75, 3.05) is 20.2 Å². The Morgan fingerprint density at radius 1 is 1.12 bits per heavy atom. The third-order valence-electron chi connectivity index (χ3n) is 6.73. The van der Waals surface area contributed by atoms with Crippen LogP contribution in [0.1, 0.15) is 30.4 Å². The smallest absolute Gasteiger partial charge is 0.322 e. The van der Waals surface area contributed by atoms with Crippen LogP contribution in [0, 0.1) is 5.92 Å². The molecule has 7 nitrogen and oxygen atoms in total. The summed E-state index contributed by atoms with van der Waals surface area (Å²) in [5, 5.41) is 5.86. The highest BCUT2D eigenvalue weighted by Gasteiger charge is 2.52. The van der Waals surface area contributed by atoms with Gasteiger partial charge in [0, 0.05) is 31.0 Å². The molecule has 2 aromatic rings. The molecule has 2 fully saturated rings. The van der Waals surface area contributed by atoms with Crippen molar-refractivity contribution in [1.82, 2.24) is 15.5 Å². The van der Waals surface area contributed by atoms with E-state index in [-0.39, 0.29) is 17.7 Å². The van der Waals surface area contributed by atoms with E-state index in [1.54, 1.807) is 13.2 Å². The van der Waals surface area contributed by atoms with Gasteiger partial charge in [0.2, 0.25) is 5.91 Å². The molecule has 2 aliphatic heterocycles. The molecule has 4 amide bonds. The maximum absolute atomic E-state index is 12.9. The van der Waals surface area contributed by atoms with Crippen LogP contribution in [0.2, 0.25) is 5.02 Å². The van der Waals surface area contributed by atoms with E-state index in [4.69, 9.17) is 16.3 Å². The van der Waals surface area contributed by atoms with Crippen molar-refractivity contribution in [2.45, 2.75) is 37.6 Å². The number of hydrogen-bond acceptors (Lipinski definition) is 4. The minimum absolute atomic E-state index is 0.0918. The molecule has 2 heterocycles. The van der Waals surface area contributed by atoms with E-state index >= 15 is 0 Å². The highest BCUT2D eigenvalue weighted by Crippen LogP contribution is 2.35. The van der Waals surface area contributed by atoms with Crippen LogP contribution in [0.15, 0.2) is 48.5 Å². The fraction of sp³-hybridized carbons (Fsp3) is 0.400. The second-order valence-electron chi connectivity index (χ2n) is 8.65. The van der Waals surface area contributed by atoms with Gasteiger partial charge in [0.1, 0.15) is 11.3 Å². The Labute approximate surface area is 198 Å². The van der Waals surface area contributed by atoms with Gasteiger partial charge in [-0.25, -0.2) is 4.79 Å². The van der Waals surface area contributed by atoms with Crippen LogP contribution in [0.4, 0.5) is 4.79 Å². The molecular formula is C25H28ClN3O4. The SMILES string of the molecule is COc1ccc(CCC(=O)N2CCC([C@]3(Cc4ccccc4Cl)NC(=O)NC3=O)CC2)cc1. The fourth-order valence-electron chi connectivity index (χ4n) is 4.83. The number of carbonyl (C=O) groups is 3. The zero-order valence-corrected chi connectivity index (χ0v) is 19.4. The standard InChI is InChI=1S/C25H28ClN3O4/c1-33-20-9-6-17(7-10-20)8-11-22(30)29-14-12-19(13-15-29)25(23(31)27-24(32)28-25)16-18-4-2-3-5-21(18)26/h2-7,9-10,19H,8,11-16H2,1H3,(H2,27,28,31,32)/t25-/m0/s1. The summed E-state index contributed by atoms with van der Waals surface area (Å²) in [5.74, 6) is 0.479. The molecule has 0 unspecified atom stereocenters. The number of benzene rings is 2. The number of carbonyl (C=O) groups excluding carboxylic acids is 3. The number of urea groups is 1. The van der Waals surface area contributed by atoms with Gasteiger partial charge in [-0.15, -0.1) is 0 Å². The van der Waals surface area contributed by atoms with Gasteiger partial charge in [-0.1, -0.05) is 41.9 Å². The monoisotopic (exact) mass is 469 g/mol. The molecule has 2 N–H and O–H groups in total. The van der Waals surface area contributed by atoms with Crippen molar-refractivity contribution >= 4 is 29.4 Å². The highest BCUT2D eigenvalue weighted by atomic mass is 35.5. The molecule has 1 atom stereocenters. The number of likely N-dealkylation sites (tertiary alicyclic amines) is 1. The van der Waals surface area contributed by atoms with E-state index < -0.39 is 11.6 Å². The lowest BCUT2D eigenvalue weighted by molar-refractivity contribution is -0.133. The molecule has 33 heavy (non-hydrogen) atoms. The van der Waals surface area contributed by atoms with Gasteiger partial charge in [-0.3, -0.25) is 14.9 Å². The molecule has 2 aliphatic rings. The first kappa shape index (κ1) is 23.1. The van der Waals surface area contributed by atoms with Gasteiger partial charge in [0.15, 0.2) is 0 Å². The lowest BCUT2D eigenvalue weighted by Gasteiger charge is -2.41. The third kappa shape index (κ3) is 4.98. The van der Waals surface area contributed by atoms with E-state index in [0.717, 1.165) is 16.9 Å². The van der Waals surface area contributed by atoms with E-state index in [9.17, 15) is 14.4 Å². The molecule has 2 saturated heterocycles. The Morgan fingerprint density at radius 2 is 1.82 bits per heavy atom. The van der Waals surface area contributed by atoms with E-state index in [2.05, 4.69) is 10.6 Å². The number of methoxy groups -OCH3 is 1. The number of halogens is 1. The number of nitrogens with one attached hydrogen (secondary N) is 2. The summed E-state index contributed by atoms with van der Waals surface area (Å²) in [5.41, 5.74) is 0.845. The maximum atomic E-state index is 12.9. The molecule has 0 radical (unpaired) electrons. The summed E-state index contributed by atoms with van der Waals surface area (Å²) < 4.78 is 5.17. The van der Waals surface area contributed by atoms with Crippen molar-refractivity contribution in [3.05, 3.63) is 64.7 Å². The first-order valence-corrected chi connectivity index (χ1v) is 11.6. The number of nitrogens with zero attached hydrogens (tertiary/aromatic N) is 1. The van der Waals surface area contributed by atoms with Gasteiger partial charge in [0.05, 0.1) is 7.11 Å². The van der Waals surface area contributed by atoms with Crippen molar-refractivity contribution in [3.63, 3.8) is 0 Å². The van der Waals surface area contributed by atoms with Crippen molar-refractivity contribution in [3.8, 4) is 5.75 Å². The van der Waals surface area contributed by atoms with Crippen LogP contribution in [-0.2, 0) is 22.4 Å². The number of piperidine rings is 1. The zero-order chi connectivity index (χ0) is 23.4. The van der Waals surface area contributed by atoms with Gasteiger partial charge < -0.3 is 15.0 Å². The van der Waals surface area contributed by atoms with Crippen molar-refractivity contribution in [2.24, 2.45) is 5.92 Å². The number of aryl methyl sites for hydroxylation is 1. The van der Waals surface area contributed by atoms with Crippen LogP contribution in [0.5, 0.6) is 5.75 Å². The predicted molar refractivity (Wildman–Crippen MR) is 125 cm³/mol. The maximum Gasteiger partial charge on any atom is 0.322 e. The number of hydrogen-bond donors (Lipinski definition) is 2. The molecule has 0 aromatic heterocycles. The molecule has 0 saturated carbocycles. The van der Waals surface area contributed by atoms with Crippen LogP contribution < -0.4 is 15.4 Å². The minimum Gasteiger partial charge on any atom is -0.497 e. The van der Waals surface area contributed by atoms with Gasteiger partial charge in [-0.2, -0.15) is 0 Å². The molecule has 2 aromatic carbocycles. The second-order valence-corrected chi connectivity index (χ2v) is 9.06. The summed E-state index contributed by atoms with van der Waals surface area (Å²) in [6, 6.07) is 14.6. The third-order valence-corrected chi connectivity index (χ3v) is 7.10. The molecule has 0 aliphatic carbocycles. The largest absolute Gasteiger partial charge is 0.497 e. The number of imide groups is 1. The van der Waals surface area contributed by atoms with E-state index in [1.165, 1.54) is 0 Å². The highest BCUT2D eigenvalue weighted by molar-refractivity contribution is 6.31. The van der Waals surface area contributed by atoms with Crippen LogP contribution in [0.3, 0.4) is 0 Å². The summed E-state index contributed by atoms with van der Waals surface area (Å²) in [6.07, 6.45) is 2.68. The Bertz CT molecular complexity index is 1030. The predicted octanol–water partition coefficient (Wildman–Crippen LogP) is 3.34. The lowest BCUT2D eigenvalue weighted by Crippen LogP contribution is -2.58. The molecule has 174 valence electrons. The first-order chi connectivity index (χ1) is 15.9. The molecular weight excluding hydrogens is 442 g/mol. The molecule has 0 bridgehead atoms. The van der Waals surface area contributed by atoms with Gasteiger partial charge in [0.25, 0.3) is 5.91 Å². The average molecular weight is 470 g/mol. The molecule has 0 spiro atoms. The minimum atomic E-state index is -1.06. The first-order valence-electron chi connectivity index (χ1n) is 11.2. The number of ether oxygens (including phenoxy) is 1. The van der Waals surface area contributed by atoms with Gasteiger partial charge in [-0.05, 0) is 54.5 Å². The average Bonchev–Trinajstić information content (AvgIpc) is 3.12. The van der Waals surface area contributed by atoms with E-state index in [0.29, 0.717) is 50.2 Å². The Kier molecular flexibility index (Phi) is 6.88. The van der Waals surface area contributed by atoms with Crippen LogP contribution in [-0.4, -0.2) is 48.5 Å². The Morgan fingerprint density at radius 3 is 2.42 bits per heavy atom. The van der Waals surface area contributed by atoms with Gasteiger partial charge >= 0.3 is 6.03 Å². The summed E-state index contributed by atoms with van der Waals surface area (Å²) in [4.78, 5) is 39.6. The normalized spacial score (nSPS) is 21.0. The number of amides is 4. The summed E-state index contributed by atoms with van der Waals surface area (Å²) in [6.45, 7) is 1.11. The Hall–Kier alpha value is -3.06. The second kappa shape index (κ2) is 9.83. The van der Waals surface area contributed by atoms with E-state index in [1.807, 2.05) is 47.4 Å². The summed E-state index contributed by atoms with van der Waals surface area (Å²) in [7, 11) is 1.63. The zero-order valence-electron chi connectivity index (χ0n) is 18.6. The fourth-order valence-corrected chi connectivity index (χ4v) is 5.03. The van der Waals surface area contributed by atoms with Crippen LogP contribution >= 0.6 is 11.6 Å². The topological polar surface area (TPSA) is 87.7 Å².